The second-order valence-corrected chi connectivity index (χ2v) is 6.35. The van der Waals surface area contributed by atoms with Gasteiger partial charge in [0.2, 0.25) is 16.8 Å². The summed E-state index contributed by atoms with van der Waals surface area (Å²) in [6.45, 7) is -0.737. The van der Waals surface area contributed by atoms with E-state index in [0.717, 1.165) is 6.07 Å². The first-order valence-corrected chi connectivity index (χ1v) is 7.39. The Bertz CT molecular complexity index is 812. The molecule has 1 spiro atoms. The van der Waals surface area contributed by atoms with E-state index in [1.165, 1.54) is 0 Å². The number of Topliss-reactive ketones (excluding diaryl/α,β-unsaturated/α-hetero) is 1. The van der Waals surface area contributed by atoms with Gasteiger partial charge >= 0.3 is 5.97 Å². The van der Waals surface area contributed by atoms with Crippen LogP contribution in [0.2, 0.25) is 0 Å². The second kappa shape index (κ2) is 4.65. The normalized spacial score (nSPS) is 37.4. The molecule has 9 nitrogen and oxygen atoms in total. The maximum Gasteiger partial charge on any atom is 0.312 e. The minimum Gasteiger partial charge on any atom is -0.502 e. The summed E-state index contributed by atoms with van der Waals surface area (Å²) < 4.78 is 15.9. The smallest absolute Gasteiger partial charge is 0.312 e. The van der Waals surface area contributed by atoms with Crippen LogP contribution in [0.1, 0.15) is 24.4 Å². The van der Waals surface area contributed by atoms with Crippen LogP contribution in [0.4, 0.5) is 0 Å². The van der Waals surface area contributed by atoms with Crippen molar-refractivity contribution in [2.75, 3.05) is 6.61 Å². The van der Waals surface area contributed by atoms with Crippen molar-refractivity contribution in [2.24, 2.45) is 5.92 Å². The van der Waals surface area contributed by atoms with Crippen molar-refractivity contribution in [3.8, 4) is 5.75 Å². The average Bonchev–Trinajstić information content (AvgIpc) is 3.03. The highest BCUT2D eigenvalue weighted by molar-refractivity contribution is 5.93. The van der Waals surface area contributed by atoms with Crippen LogP contribution in [0.15, 0.2) is 15.3 Å². The number of carbonyl (C=O) groups is 2. The Morgan fingerprint density at radius 1 is 1.29 bits per heavy atom. The number of esters is 1. The van der Waals surface area contributed by atoms with Crippen molar-refractivity contribution in [1.82, 2.24) is 0 Å². The number of aromatic hydroxyl groups is 1. The van der Waals surface area contributed by atoms with Crippen molar-refractivity contribution in [2.45, 2.75) is 36.8 Å². The Labute approximate surface area is 134 Å². The summed E-state index contributed by atoms with van der Waals surface area (Å²) in [6, 6.07) is 0.860. The molecule has 1 aromatic heterocycles. The molecule has 0 radical (unpaired) electrons. The molecule has 0 aromatic carbocycles. The van der Waals surface area contributed by atoms with E-state index in [-0.39, 0.29) is 25.2 Å². The van der Waals surface area contributed by atoms with Gasteiger partial charge < -0.3 is 29.2 Å². The molecule has 24 heavy (non-hydrogen) atoms. The van der Waals surface area contributed by atoms with E-state index in [1.807, 2.05) is 0 Å². The lowest BCUT2D eigenvalue weighted by molar-refractivity contribution is -0.200. The Kier molecular flexibility index (Phi) is 2.97. The van der Waals surface area contributed by atoms with Crippen LogP contribution in [0.5, 0.6) is 5.75 Å². The van der Waals surface area contributed by atoms with Crippen molar-refractivity contribution >= 4 is 11.8 Å². The molecule has 3 N–H and O–H groups in total. The number of fused-ring (bicyclic) bond motifs is 1. The molecule has 3 saturated heterocycles. The lowest BCUT2D eigenvalue weighted by Gasteiger charge is -2.39. The molecule has 3 aliphatic rings. The number of ether oxygens (including phenoxy) is 2. The molecule has 4 atom stereocenters. The van der Waals surface area contributed by atoms with Crippen molar-refractivity contribution in [3.05, 3.63) is 27.8 Å². The number of aliphatic hydroxyl groups is 2. The minimum absolute atomic E-state index is 0.00637. The number of cyclic esters (lactones) is 1. The van der Waals surface area contributed by atoms with Crippen molar-refractivity contribution in [1.29, 1.82) is 0 Å². The SMILES string of the molecule is O=C1OC[C@]23CC(=O)C(O)(c4oc(CO)cc(=O)c4O)[C@H](C[C@@H]12)O3. The Balaban J connectivity index is 1.85. The minimum atomic E-state index is -2.41. The Hall–Kier alpha value is -2.23. The molecule has 4 rings (SSSR count). The number of ketones is 1. The van der Waals surface area contributed by atoms with Gasteiger partial charge in [0.15, 0.2) is 11.5 Å². The van der Waals surface area contributed by atoms with Gasteiger partial charge in [-0.1, -0.05) is 0 Å². The molecule has 3 fully saturated rings. The summed E-state index contributed by atoms with van der Waals surface area (Å²) in [5.74, 6) is -3.76. The fourth-order valence-corrected chi connectivity index (χ4v) is 3.78. The molecule has 1 unspecified atom stereocenters. The highest BCUT2D eigenvalue weighted by Gasteiger charge is 2.70. The van der Waals surface area contributed by atoms with Gasteiger partial charge in [0.05, 0.1) is 5.92 Å². The maximum absolute atomic E-state index is 12.7. The van der Waals surface area contributed by atoms with Crippen molar-refractivity contribution in [3.63, 3.8) is 0 Å². The largest absolute Gasteiger partial charge is 0.502 e. The average molecular weight is 338 g/mol. The molecule has 9 heteroatoms. The van der Waals surface area contributed by atoms with Gasteiger partial charge in [-0.3, -0.25) is 14.4 Å². The molecule has 0 aliphatic carbocycles. The number of hydrogen-bond acceptors (Lipinski definition) is 9. The standard InChI is InChI=1S/C15H14O9/c16-4-6-1-8(17)11(19)12(23-6)15(21)9(18)3-14-5-22-13(20)7(14)2-10(15)24-14/h1,7,10,16,19,21H,2-5H2/t7-,10-,14+,15?/m0/s1. The molecule has 0 saturated carbocycles. The highest BCUT2D eigenvalue weighted by atomic mass is 16.6. The van der Waals surface area contributed by atoms with E-state index in [0.29, 0.717) is 0 Å². The fourth-order valence-electron chi connectivity index (χ4n) is 3.78. The quantitative estimate of drug-likeness (QED) is 0.560. The molecular formula is C15H14O9. The molecule has 4 heterocycles. The molecule has 128 valence electrons. The third kappa shape index (κ3) is 1.71. The van der Waals surface area contributed by atoms with Crippen LogP contribution in [0, 0.1) is 5.92 Å². The van der Waals surface area contributed by atoms with Gasteiger partial charge in [0.25, 0.3) is 0 Å². The zero-order valence-electron chi connectivity index (χ0n) is 12.4. The topological polar surface area (TPSA) is 144 Å². The zero-order valence-corrected chi connectivity index (χ0v) is 12.4. The van der Waals surface area contributed by atoms with Gasteiger partial charge in [-0.2, -0.15) is 0 Å². The third-order valence-corrected chi connectivity index (χ3v) is 5.03. The monoisotopic (exact) mass is 338 g/mol. The summed E-state index contributed by atoms with van der Waals surface area (Å²) in [7, 11) is 0. The predicted molar refractivity (Wildman–Crippen MR) is 72.8 cm³/mol. The Morgan fingerprint density at radius 3 is 2.75 bits per heavy atom. The van der Waals surface area contributed by atoms with Crippen LogP contribution in [0.25, 0.3) is 0 Å². The van der Waals surface area contributed by atoms with Gasteiger partial charge in [0.1, 0.15) is 30.7 Å². The van der Waals surface area contributed by atoms with Crippen LogP contribution in [-0.2, 0) is 31.3 Å². The van der Waals surface area contributed by atoms with Crippen LogP contribution in [0.3, 0.4) is 0 Å². The zero-order chi connectivity index (χ0) is 17.3. The molecule has 2 bridgehead atoms. The van der Waals surface area contributed by atoms with E-state index < -0.39 is 58.5 Å². The van der Waals surface area contributed by atoms with Crippen LogP contribution in [-0.4, -0.2) is 45.4 Å². The lowest BCUT2D eigenvalue weighted by atomic mass is 9.82. The molecular weight excluding hydrogens is 324 g/mol. The summed E-state index contributed by atoms with van der Waals surface area (Å²) in [5.41, 5.74) is -4.43. The first-order valence-electron chi connectivity index (χ1n) is 7.39. The van der Waals surface area contributed by atoms with Gasteiger partial charge in [-0.15, -0.1) is 0 Å². The van der Waals surface area contributed by atoms with Crippen molar-refractivity contribution < 1.29 is 38.8 Å². The second-order valence-electron chi connectivity index (χ2n) is 6.35. The number of rotatable bonds is 2. The third-order valence-electron chi connectivity index (χ3n) is 5.03. The first-order chi connectivity index (χ1) is 11.3. The van der Waals surface area contributed by atoms with Gasteiger partial charge in [-0.05, 0) is 6.42 Å². The molecule has 0 amide bonds. The Morgan fingerprint density at radius 2 is 2.04 bits per heavy atom. The fraction of sp³-hybridized carbons (Fsp3) is 0.533. The number of hydrogen-bond donors (Lipinski definition) is 3. The summed E-state index contributed by atoms with van der Waals surface area (Å²) in [4.78, 5) is 36.3. The van der Waals surface area contributed by atoms with Gasteiger partial charge in [-0.25, -0.2) is 0 Å². The number of carbonyl (C=O) groups excluding carboxylic acids is 2. The summed E-state index contributed by atoms with van der Waals surface area (Å²) in [6.07, 6.45) is -1.49. The van der Waals surface area contributed by atoms with E-state index in [2.05, 4.69) is 0 Å². The van der Waals surface area contributed by atoms with Crippen LogP contribution < -0.4 is 5.43 Å². The molecule has 1 aromatic rings. The highest BCUT2D eigenvalue weighted by Crippen LogP contribution is 2.54. The van der Waals surface area contributed by atoms with Crippen LogP contribution >= 0.6 is 0 Å². The van der Waals surface area contributed by atoms with Gasteiger partial charge in [0, 0.05) is 12.5 Å². The van der Waals surface area contributed by atoms with E-state index >= 15 is 0 Å². The lowest BCUT2D eigenvalue weighted by Crippen LogP contribution is -2.55. The predicted octanol–water partition coefficient (Wildman–Crippen LogP) is -1.30. The molecule has 3 aliphatic heterocycles. The first kappa shape index (κ1) is 15.3. The van der Waals surface area contributed by atoms with E-state index in [9.17, 15) is 24.6 Å². The number of aliphatic hydroxyl groups excluding tert-OH is 1. The van der Waals surface area contributed by atoms with E-state index in [1.54, 1.807) is 0 Å². The summed E-state index contributed by atoms with van der Waals surface area (Å²) >= 11 is 0. The van der Waals surface area contributed by atoms with E-state index in [4.69, 9.17) is 19.0 Å². The maximum atomic E-state index is 12.7. The summed E-state index contributed by atoms with van der Waals surface area (Å²) in [5, 5.41) is 30.1.